The van der Waals surface area contributed by atoms with Crippen LogP contribution in [0.25, 0.3) is 0 Å². The first kappa shape index (κ1) is 36.7. The third kappa shape index (κ3) is 8.37. The first-order valence-corrected chi connectivity index (χ1v) is 57.5. The van der Waals surface area contributed by atoms with Crippen molar-refractivity contribution in [3.05, 3.63) is 23.7 Å². The van der Waals surface area contributed by atoms with Gasteiger partial charge in [0, 0.05) is 0 Å². The zero-order chi connectivity index (χ0) is 27.7. The summed E-state index contributed by atoms with van der Waals surface area (Å²) in [6.45, 7) is 18.6. The molecule has 0 aromatic heterocycles. The molecule has 0 saturated heterocycles. The van der Waals surface area contributed by atoms with Gasteiger partial charge in [-0.05, 0) is 0 Å². The molecule has 0 heterocycles. The van der Waals surface area contributed by atoms with Gasteiger partial charge in [0.25, 0.3) is 0 Å². The van der Waals surface area contributed by atoms with Gasteiger partial charge in [0.05, 0.1) is 0 Å². The molecule has 0 aliphatic heterocycles. The van der Waals surface area contributed by atoms with Crippen molar-refractivity contribution in [1.82, 2.24) is 0 Å². The standard InChI is InChI=1S/C16H27BSi.12CH3.4Sn/c1-9-15(13-17(11-3)12-4)16(10-2)14(5)18(6,7)8;;;;;;;;;;;;;;;;/h10-12H2,2-8H3;12*1H3;;;;/b16-14+;;;;;;;;;;;;;;;;. The van der Waals surface area contributed by atoms with E-state index >= 15 is 0 Å². The average molecular weight is 914 g/mol. The van der Waals surface area contributed by atoms with Crippen LogP contribution in [0.2, 0.25) is 92.9 Å². The van der Waals surface area contributed by atoms with Crippen molar-refractivity contribution in [2.45, 2.75) is 127 Å². The second-order valence-electron chi connectivity index (χ2n) is 15.9. The van der Waals surface area contributed by atoms with Crippen molar-refractivity contribution in [2.75, 3.05) is 0 Å². The van der Waals surface area contributed by atoms with Crippen LogP contribution in [-0.2, 0) is 0 Å². The predicted molar refractivity (Wildman–Crippen MR) is 180 cm³/mol. The van der Waals surface area contributed by atoms with Crippen LogP contribution < -0.4 is 0 Å². The maximum atomic E-state index is 4.63. The van der Waals surface area contributed by atoms with Gasteiger partial charge in [-0.25, -0.2) is 0 Å². The Morgan fingerprint density at radius 3 is 1.26 bits per heavy atom. The SMILES string of the molecule is CCB(CC)[C](C(=C=[C]([Sn]([CH3])([CH3])[CH3])[Sn]([CH3])([CH3])[CH3])/C(CC)=C(\C)[Si](C)(C)C)([Sn]([CH3])([CH3])[CH3])[Sn]([CH3])([CH3])[CH3]. The third-order valence-corrected chi connectivity index (χ3v) is 94.9. The molecule has 0 N–H and O–H groups in total. The summed E-state index contributed by atoms with van der Waals surface area (Å²) in [6, 6.07) is 0. The van der Waals surface area contributed by atoms with E-state index in [0.29, 0.717) is 1.35 Å². The zero-order valence-electron chi connectivity index (χ0n) is 27.2. The summed E-state index contributed by atoms with van der Waals surface area (Å²) in [5.41, 5.74) is 8.22. The Hall–Kier alpha value is 2.74. The molecule has 0 saturated carbocycles. The van der Waals surface area contributed by atoms with Crippen molar-refractivity contribution >= 4 is 88.3 Å². The van der Waals surface area contributed by atoms with Crippen molar-refractivity contribution in [2.24, 2.45) is 0 Å². The number of hydrogen-bond acceptors (Lipinski definition) is 0. The van der Waals surface area contributed by atoms with E-state index in [1.807, 2.05) is 7.18 Å². The molecule has 0 fully saturated rings. The van der Waals surface area contributed by atoms with Crippen LogP contribution in [0, 0.1) is 0 Å². The molecule has 0 unspecified atom stereocenters. The normalized spacial score (nSPS) is 15.0. The summed E-state index contributed by atoms with van der Waals surface area (Å²) in [5.74, 6) is 0. The van der Waals surface area contributed by atoms with Gasteiger partial charge >= 0.3 is 239 Å². The van der Waals surface area contributed by atoms with Crippen LogP contribution in [0.1, 0.15) is 34.1 Å². The van der Waals surface area contributed by atoms with Crippen LogP contribution in [0.3, 0.4) is 0 Å². The topological polar surface area (TPSA) is 0 Å². The summed E-state index contributed by atoms with van der Waals surface area (Å²) in [7, 11) is -1.41. The van der Waals surface area contributed by atoms with Gasteiger partial charge in [-0.1, -0.05) is 0 Å². The monoisotopic (exact) mass is 918 g/mol. The molecule has 0 radical (unpaired) electrons. The van der Waals surface area contributed by atoms with Crippen LogP contribution in [-0.4, -0.2) is 88.3 Å². The Labute approximate surface area is 235 Å². The van der Waals surface area contributed by atoms with Crippen LogP contribution in [0.4, 0.5) is 0 Å². The molecule has 0 aromatic rings. The van der Waals surface area contributed by atoms with Crippen LogP contribution in [0.15, 0.2) is 23.7 Å². The van der Waals surface area contributed by atoms with Gasteiger partial charge in [0.15, 0.2) is 0 Å². The molecule has 0 amide bonds. The Morgan fingerprint density at radius 1 is 0.706 bits per heavy atom. The molecule has 0 aliphatic rings. The van der Waals surface area contributed by atoms with E-state index in [9.17, 15) is 0 Å². The van der Waals surface area contributed by atoms with Crippen molar-refractivity contribution in [1.29, 1.82) is 0 Å². The van der Waals surface area contributed by atoms with Crippen molar-refractivity contribution in [3.8, 4) is 0 Å². The van der Waals surface area contributed by atoms with Gasteiger partial charge in [-0.15, -0.1) is 0 Å². The van der Waals surface area contributed by atoms with Crippen LogP contribution >= 0.6 is 0 Å². The van der Waals surface area contributed by atoms with Gasteiger partial charge < -0.3 is 0 Å². The molecule has 0 atom stereocenters. The molecule has 0 aromatic carbocycles. The molecule has 0 bridgehead atoms. The fourth-order valence-electron chi connectivity index (χ4n) is 7.32. The van der Waals surface area contributed by atoms with Crippen molar-refractivity contribution in [3.63, 3.8) is 0 Å². The molecular weight excluding hydrogens is 850 g/mol. The Balaban J connectivity index is 8.78. The third-order valence-electron chi connectivity index (χ3n) is 8.34. The fourth-order valence-corrected chi connectivity index (χ4v) is 125. The van der Waals surface area contributed by atoms with Gasteiger partial charge in [0.2, 0.25) is 0 Å². The molecule has 0 spiro atoms. The summed E-state index contributed by atoms with van der Waals surface area (Å²) < 4.78 is 2.42. The van der Waals surface area contributed by atoms with E-state index in [0.717, 1.165) is 6.71 Å². The number of allylic oxidation sites excluding steroid dienone is 3. The number of hydrogen-bond donors (Lipinski definition) is 0. The molecule has 6 heteroatoms. The maximum absolute atomic E-state index is 4.63. The first-order chi connectivity index (χ1) is 14.8. The summed E-state index contributed by atoms with van der Waals surface area (Å²) in [6.07, 6.45) is 3.86. The Kier molecular flexibility index (Phi) is 14.0. The van der Waals surface area contributed by atoms with Gasteiger partial charge in [-0.2, -0.15) is 0 Å². The molecule has 198 valence electrons. The van der Waals surface area contributed by atoms with Gasteiger partial charge in [0.1, 0.15) is 0 Å². The minimum absolute atomic E-state index is 0.485. The predicted octanol–water partition coefficient (Wildman–Crippen LogP) is 10.8. The van der Waals surface area contributed by atoms with E-state index < -0.39 is 81.6 Å². The molecule has 0 nitrogen and oxygen atoms in total. The quantitative estimate of drug-likeness (QED) is 0.110. The Bertz CT molecular complexity index is 766. The molecule has 0 rings (SSSR count). The summed E-state index contributed by atoms with van der Waals surface area (Å²) in [4.78, 5) is 32.9. The van der Waals surface area contributed by atoms with E-state index in [2.05, 4.69) is 112 Å². The van der Waals surface area contributed by atoms with Crippen LogP contribution in [0.5, 0.6) is 0 Å². The van der Waals surface area contributed by atoms with E-state index in [-0.39, 0.29) is 0 Å². The first-order valence-electron chi connectivity index (χ1n) is 14.1. The van der Waals surface area contributed by atoms with Crippen molar-refractivity contribution < 1.29 is 0 Å². The zero-order valence-corrected chi connectivity index (χ0v) is 39.6. The molecule has 0 aliphatic carbocycles. The minimum atomic E-state index is -2.54. The van der Waals surface area contributed by atoms with E-state index in [1.165, 1.54) is 19.1 Å². The summed E-state index contributed by atoms with van der Waals surface area (Å²) >= 11 is -9.70. The fraction of sp³-hybridized carbons (Fsp3) is 0.821. The second kappa shape index (κ2) is 12.9. The number of rotatable bonds is 11. The molecular formula is C28H63BSiSn4. The second-order valence-corrected chi connectivity index (χ2v) is 88.0. The van der Waals surface area contributed by atoms with E-state index in [4.69, 9.17) is 0 Å². The summed E-state index contributed by atoms with van der Waals surface area (Å²) in [5, 5.41) is 1.77. The van der Waals surface area contributed by atoms with Gasteiger partial charge in [-0.3, -0.25) is 0 Å². The molecule has 34 heavy (non-hydrogen) atoms. The van der Waals surface area contributed by atoms with E-state index in [1.54, 1.807) is 10.8 Å². The average Bonchev–Trinajstić information content (AvgIpc) is 2.57. The Morgan fingerprint density at radius 2 is 1.06 bits per heavy atom.